The Kier molecular flexibility index (Phi) is 6.34. The van der Waals surface area contributed by atoms with E-state index in [1.165, 1.54) is 6.42 Å². The molecule has 1 aliphatic heterocycles. The first kappa shape index (κ1) is 14.3. The fraction of sp³-hybridized carbons (Fsp3) is 0.923. The van der Waals surface area contributed by atoms with Crippen LogP contribution in [0.25, 0.3) is 0 Å². The lowest BCUT2D eigenvalue weighted by Crippen LogP contribution is -2.44. The Balaban J connectivity index is 2.42. The van der Waals surface area contributed by atoms with Gasteiger partial charge in [0, 0.05) is 19.2 Å². The monoisotopic (exact) mass is 241 g/mol. The summed E-state index contributed by atoms with van der Waals surface area (Å²) >= 11 is 0. The zero-order valence-electron chi connectivity index (χ0n) is 11.6. The van der Waals surface area contributed by atoms with Crippen LogP contribution in [0.1, 0.15) is 40.5 Å². The van der Waals surface area contributed by atoms with Crippen molar-refractivity contribution >= 4 is 5.96 Å². The van der Waals surface area contributed by atoms with Crippen LogP contribution in [0.3, 0.4) is 0 Å². The van der Waals surface area contributed by atoms with Crippen LogP contribution in [0.5, 0.6) is 0 Å². The second-order valence-electron chi connectivity index (χ2n) is 5.03. The maximum atomic E-state index is 5.57. The van der Waals surface area contributed by atoms with Crippen molar-refractivity contribution in [3.05, 3.63) is 0 Å². The lowest BCUT2D eigenvalue weighted by molar-refractivity contribution is 0.117. The number of hydrogen-bond donors (Lipinski definition) is 2. The molecule has 4 nitrogen and oxygen atoms in total. The summed E-state index contributed by atoms with van der Waals surface area (Å²) in [6.07, 6.45) is 2.63. The van der Waals surface area contributed by atoms with Gasteiger partial charge in [-0.05, 0) is 32.6 Å². The molecule has 2 N–H and O–H groups in total. The molecule has 0 aromatic rings. The molecule has 0 aromatic carbocycles. The van der Waals surface area contributed by atoms with Crippen LogP contribution < -0.4 is 10.6 Å². The van der Waals surface area contributed by atoms with Crippen LogP contribution >= 0.6 is 0 Å². The first-order valence-electron chi connectivity index (χ1n) is 6.80. The molecule has 1 rings (SSSR count). The van der Waals surface area contributed by atoms with Gasteiger partial charge in [-0.2, -0.15) is 0 Å². The van der Waals surface area contributed by atoms with E-state index in [4.69, 9.17) is 4.74 Å². The molecular formula is C13H27N3O. The highest BCUT2D eigenvalue weighted by molar-refractivity contribution is 5.80. The molecule has 1 aliphatic rings. The summed E-state index contributed by atoms with van der Waals surface area (Å²) in [7, 11) is 0. The summed E-state index contributed by atoms with van der Waals surface area (Å²) in [5.74, 6) is 1.51. The lowest BCUT2D eigenvalue weighted by Gasteiger charge is -2.21. The standard InChI is InChI=1S/C13H27N3O/c1-5-14-13(16-11(4)10(2)3)15-9-12-7-6-8-17-12/h10-12H,5-9H2,1-4H3,(H2,14,15,16). The summed E-state index contributed by atoms with van der Waals surface area (Å²) in [6, 6.07) is 0.428. The van der Waals surface area contributed by atoms with Crippen molar-refractivity contribution < 1.29 is 4.74 Å². The van der Waals surface area contributed by atoms with E-state index in [2.05, 4.69) is 43.3 Å². The van der Waals surface area contributed by atoms with Crippen molar-refractivity contribution in [2.45, 2.75) is 52.7 Å². The van der Waals surface area contributed by atoms with Crippen LogP contribution in [-0.4, -0.2) is 37.8 Å². The third-order valence-electron chi connectivity index (χ3n) is 3.19. The van der Waals surface area contributed by atoms with E-state index in [9.17, 15) is 0 Å². The van der Waals surface area contributed by atoms with Crippen molar-refractivity contribution in [3.63, 3.8) is 0 Å². The number of hydrogen-bond acceptors (Lipinski definition) is 2. The zero-order chi connectivity index (χ0) is 12.7. The van der Waals surface area contributed by atoms with Crippen LogP contribution in [0, 0.1) is 5.92 Å². The molecule has 0 radical (unpaired) electrons. The number of ether oxygens (including phenoxy) is 1. The SMILES string of the molecule is CCNC(=NCC1CCCO1)NC(C)C(C)C. The Morgan fingerprint density at radius 1 is 1.41 bits per heavy atom. The molecule has 0 aromatic heterocycles. The molecule has 2 unspecified atom stereocenters. The molecule has 1 fully saturated rings. The minimum atomic E-state index is 0.319. The highest BCUT2D eigenvalue weighted by atomic mass is 16.5. The van der Waals surface area contributed by atoms with Crippen molar-refractivity contribution in [1.82, 2.24) is 10.6 Å². The summed E-state index contributed by atoms with van der Waals surface area (Å²) in [6.45, 7) is 11.2. The van der Waals surface area contributed by atoms with E-state index in [0.717, 1.165) is 32.1 Å². The second-order valence-corrected chi connectivity index (χ2v) is 5.03. The highest BCUT2D eigenvalue weighted by Gasteiger charge is 2.15. The molecular weight excluding hydrogens is 214 g/mol. The third-order valence-corrected chi connectivity index (χ3v) is 3.19. The molecule has 0 bridgehead atoms. The largest absolute Gasteiger partial charge is 0.376 e. The topological polar surface area (TPSA) is 45.7 Å². The number of aliphatic imine (C=N–C) groups is 1. The number of guanidine groups is 1. The van der Waals surface area contributed by atoms with Gasteiger partial charge in [0.25, 0.3) is 0 Å². The molecule has 1 heterocycles. The van der Waals surface area contributed by atoms with Gasteiger partial charge in [-0.15, -0.1) is 0 Å². The molecule has 0 saturated carbocycles. The van der Waals surface area contributed by atoms with E-state index in [0.29, 0.717) is 18.1 Å². The minimum Gasteiger partial charge on any atom is -0.376 e. The van der Waals surface area contributed by atoms with Gasteiger partial charge in [-0.25, -0.2) is 0 Å². The van der Waals surface area contributed by atoms with Crippen LogP contribution in [0.2, 0.25) is 0 Å². The van der Waals surface area contributed by atoms with E-state index >= 15 is 0 Å². The van der Waals surface area contributed by atoms with Crippen molar-refractivity contribution in [2.75, 3.05) is 19.7 Å². The van der Waals surface area contributed by atoms with E-state index in [-0.39, 0.29) is 0 Å². The number of nitrogens with zero attached hydrogens (tertiary/aromatic N) is 1. The highest BCUT2D eigenvalue weighted by Crippen LogP contribution is 2.11. The predicted molar refractivity (Wildman–Crippen MR) is 72.4 cm³/mol. The average Bonchev–Trinajstić information content (AvgIpc) is 2.78. The molecule has 2 atom stereocenters. The first-order chi connectivity index (χ1) is 8.13. The van der Waals surface area contributed by atoms with E-state index < -0.39 is 0 Å². The van der Waals surface area contributed by atoms with Gasteiger partial charge in [0.1, 0.15) is 0 Å². The maximum Gasteiger partial charge on any atom is 0.191 e. The first-order valence-corrected chi connectivity index (χ1v) is 6.80. The normalized spacial score (nSPS) is 22.9. The maximum absolute atomic E-state index is 5.57. The smallest absolute Gasteiger partial charge is 0.191 e. The Morgan fingerprint density at radius 2 is 2.18 bits per heavy atom. The Labute approximate surface area is 105 Å². The van der Waals surface area contributed by atoms with Crippen molar-refractivity contribution in [3.8, 4) is 0 Å². The number of rotatable bonds is 5. The average molecular weight is 241 g/mol. The third kappa shape index (κ3) is 5.39. The molecule has 100 valence electrons. The Hall–Kier alpha value is -0.770. The Bertz CT molecular complexity index is 235. The molecule has 1 saturated heterocycles. The van der Waals surface area contributed by atoms with Gasteiger partial charge in [0.2, 0.25) is 0 Å². The second kappa shape index (κ2) is 7.54. The quantitative estimate of drug-likeness (QED) is 0.569. The van der Waals surface area contributed by atoms with Gasteiger partial charge < -0.3 is 15.4 Å². The van der Waals surface area contributed by atoms with E-state index in [1.54, 1.807) is 0 Å². The van der Waals surface area contributed by atoms with Crippen molar-refractivity contribution in [2.24, 2.45) is 10.9 Å². The number of nitrogens with one attached hydrogen (secondary N) is 2. The summed E-state index contributed by atoms with van der Waals surface area (Å²) in [4.78, 5) is 4.59. The van der Waals surface area contributed by atoms with Gasteiger partial charge in [0.05, 0.1) is 12.6 Å². The Morgan fingerprint density at radius 3 is 2.71 bits per heavy atom. The van der Waals surface area contributed by atoms with E-state index in [1.807, 2.05) is 0 Å². The summed E-state index contributed by atoms with van der Waals surface area (Å²) in [5, 5.41) is 6.70. The molecule has 4 heteroatoms. The van der Waals surface area contributed by atoms with Gasteiger partial charge >= 0.3 is 0 Å². The fourth-order valence-electron chi connectivity index (χ4n) is 1.68. The predicted octanol–water partition coefficient (Wildman–Crippen LogP) is 1.76. The molecule has 0 amide bonds. The van der Waals surface area contributed by atoms with Crippen LogP contribution in [0.4, 0.5) is 0 Å². The van der Waals surface area contributed by atoms with Gasteiger partial charge in [0.15, 0.2) is 5.96 Å². The van der Waals surface area contributed by atoms with Gasteiger partial charge in [-0.3, -0.25) is 4.99 Å². The lowest BCUT2D eigenvalue weighted by atomic mass is 10.1. The minimum absolute atomic E-state index is 0.319. The summed E-state index contributed by atoms with van der Waals surface area (Å²) in [5.41, 5.74) is 0. The fourth-order valence-corrected chi connectivity index (χ4v) is 1.68. The van der Waals surface area contributed by atoms with Gasteiger partial charge in [-0.1, -0.05) is 13.8 Å². The molecule has 0 spiro atoms. The van der Waals surface area contributed by atoms with Crippen LogP contribution in [0.15, 0.2) is 4.99 Å². The molecule has 0 aliphatic carbocycles. The van der Waals surface area contributed by atoms with Crippen molar-refractivity contribution in [1.29, 1.82) is 0 Å². The van der Waals surface area contributed by atoms with Crippen LogP contribution in [-0.2, 0) is 4.74 Å². The molecule has 17 heavy (non-hydrogen) atoms. The zero-order valence-corrected chi connectivity index (χ0v) is 11.6. The summed E-state index contributed by atoms with van der Waals surface area (Å²) < 4.78 is 5.57.